The van der Waals surface area contributed by atoms with Gasteiger partial charge in [0.15, 0.2) is 17.3 Å². The van der Waals surface area contributed by atoms with Crippen molar-refractivity contribution in [3.8, 4) is 11.5 Å². The zero-order valence-electron chi connectivity index (χ0n) is 13.0. The molecule has 9 heteroatoms. The second kappa shape index (κ2) is 6.25. The monoisotopic (exact) mass is 371 g/mol. The zero-order chi connectivity index (χ0) is 18.4. The van der Waals surface area contributed by atoms with Gasteiger partial charge in [-0.25, -0.2) is 17.2 Å². The van der Waals surface area contributed by atoms with Crippen molar-refractivity contribution in [2.24, 2.45) is 0 Å². The van der Waals surface area contributed by atoms with Crippen LogP contribution in [0.2, 0.25) is 0 Å². The predicted octanol–water partition coefficient (Wildman–Crippen LogP) is 2.08. The summed E-state index contributed by atoms with van der Waals surface area (Å²) < 4.78 is 57.6. The SMILES string of the molecule is CS(=O)(=O)Nc1cc2c(cc1Oc1ccc(F)cc1F)C(O)C(O)C2. The van der Waals surface area contributed by atoms with Gasteiger partial charge in [-0.15, -0.1) is 0 Å². The van der Waals surface area contributed by atoms with Crippen LogP contribution in [0.1, 0.15) is 17.2 Å². The molecule has 0 heterocycles. The molecule has 2 atom stereocenters. The zero-order valence-corrected chi connectivity index (χ0v) is 13.8. The van der Waals surface area contributed by atoms with Crippen LogP contribution >= 0.6 is 0 Å². The Hall–Kier alpha value is -2.23. The van der Waals surface area contributed by atoms with E-state index < -0.39 is 33.9 Å². The summed E-state index contributed by atoms with van der Waals surface area (Å²) >= 11 is 0. The number of hydrogen-bond donors (Lipinski definition) is 3. The predicted molar refractivity (Wildman–Crippen MR) is 86.0 cm³/mol. The summed E-state index contributed by atoms with van der Waals surface area (Å²) in [5.74, 6) is -2.15. The Bertz CT molecular complexity index is 932. The maximum Gasteiger partial charge on any atom is 0.229 e. The summed E-state index contributed by atoms with van der Waals surface area (Å²) in [6.45, 7) is 0. The van der Waals surface area contributed by atoms with Gasteiger partial charge in [0.25, 0.3) is 0 Å². The average molecular weight is 371 g/mol. The van der Waals surface area contributed by atoms with E-state index in [0.29, 0.717) is 17.2 Å². The van der Waals surface area contributed by atoms with Gasteiger partial charge in [-0.3, -0.25) is 4.72 Å². The molecule has 2 aromatic rings. The topological polar surface area (TPSA) is 95.9 Å². The minimum atomic E-state index is -3.66. The molecular weight excluding hydrogens is 356 g/mol. The van der Waals surface area contributed by atoms with Crippen LogP contribution in [0.3, 0.4) is 0 Å². The van der Waals surface area contributed by atoms with Gasteiger partial charge in [-0.2, -0.15) is 0 Å². The highest BCUT2D eigenvalue weighted by Gasteiger charge is 2.31. The van der Waals surface area contributed by atoms with Gasteiger partial charge in [-0.1, -0.05) is 0 Å². The summed E-state index contributed by atoms with van der Waals surface area (Å²) in [6, 6.07) is 5.42. The first kappa shape index (κ1) is 17.6. The molecule has 0 saturated carbocycles. The first-order valence-electron chi connectivity index (χ1n) is 7.27. The number of rotatable bonds is 4. The summed E-state index contributed by atoms with van der Waals surface area (Å²) in [5, 5.41) is 19.8. The number of fused-ring (bicyclic) bond motifs is 1. The number of hydrogen-bond acceptors (Lipinski definition) is 5. The standard InChI is InChI=1S/C16H15F2NO5S/c1-25(22,23)19-12-4-8-5-13(20)16(21)10(8)7-15(12)24-14-3-2-9(17)6-11(14)18/h2-4,6-7,13,16,19-21H,5H2,1H3. The molecule has 3 rings (SSSR count). The lowest BCUT2D eigenvalue weighted by molar-refractivity contribution is 0.0325. The number of anilines is 1. The molecule has 0 aromatic heterocycles. The van der Waals surface area contributed by atoms with Gasteiger partial charge < -0.3 is 14.9 Å². The molecule has 0 fully saturated rings. The highest BCUT2D eigenvalue weighted by Crippen LogP contribution is 2.40. The van der Waals surface area contributed by atoms with Gasteiger partial charge in [0.05, 0.1) is 18.0 Å². The Morgan fingerprint density at radius 2 is 1.88 bits per heavy atom. The van der Waals surface area contributed by atoms with Crippen molar-refractivity contribution in [2.75, 3.05) is 11.0 Å². The van der Waals surface area contributed by atoms with Gasteiger partial charge in [-0.05, 0) is 35.4 Å². The molecule has 3 N–H and O–H groups in total. The molecule has 134 valence electrons. The first-order valence-corrected chi connectivity index (χ1v) is 9.17. The van der Waals surface area contributed by atoms with E-state index in [1.807, 2.05) is 0 Å². The summed E-state index contributed by atoms with van der Waals surface area (Å²) in [6.07, 6.45) is -1.12. The summed E-state index contributed by atoms with van der Waals surface area (Å²) in [7, 11) is -3.66. The van der Waals surface area contributed by atoms with Crippen LogP contribution < -0.4 is 9.46 Å². The van der Waals surface area contributed by atoms with Gasteiger partial charge in [0.1, 0.15) is 11.9 Å². The van der Waals surface area contributed by atoms with Crippen molar-refractivity contribution in [3.05, 3.63) is 53.1 Å². The Labute approximate surface area is 142 Å². The van der Waals surface area contributed by atoms with Crippen molar-refractivity contribution < 1.29 is 32.1 Å². The van der Waals surface area contributed by atoms with Crippen LogP contribution in [0, 0.1) is 11.6 Å². The molecule has 0 saturated heterocycles. The highest BCUT2D eigenvalue weighted by atomic mass is 32.2. The number of ether oxygens (including phenoxy) is 1. The third-order valence-electron chi connectivity index (χ3n) is 3.76. The van der Waals surface area contributed by atoms with Gasteiger partial charge >= 0.3 is 0 Å². The van der Waals surface area contributed by atoms with Crippen molar-refractivity contribution in [1.82, 2.24) is 0 Å². The fraction of sp³-hybridized carbons (Fsp3) is 0.250. The maximum atomic E-state index is 13.8. The van der Waals surface area contributed by atoms with Crippen molar-refractivity contribution in [1.29, 1.82) is 0 Å². The number of aliphatic hydroxyl groups excluding tert-OH is 2. The van der Waals surface area contributed by atoms with E-state index in [-0.39, 0.29) is 23.6 Å². The van der Waals surface area contributed by atoms with E-state index in [9.17, 15) is 27.4 Å². The molecule has 0 aliphatic heterocycles. The molecule has 0 radical (unpaired) electrons. The second-order valence-corrected chi connectivity index (χ2v) is 7.56. The molecule has 6 nitrogen and oxygen atoms in total. The van der Waals surface area contributed by atoms with Crippen LogP contribution in [0.25, 0.3) is 0 Å². The van der Waals surface area contributed by atoms with Crippen LogP contribution in [-0.4, -0.2) is 31.0 Å². The van der Waals surface area contributed by atoms with Crippen LogP contribution in [0.5, 0.6) is 11.5 Å². The number of benzene rings is 2. The summed E-state index contributed by atoms with van der Waals surface area (Å²) in [5.41, 5.74) is 0.911. The number of sulfonamides is 1. The fourth-order valence-electron chi connectivity index (χ4n) is 2.68. The van der Waals surface area contributed by atoms with E-state index in [4.69, 9.17) is 4.74 Å². The quantitative estimate of drug-likeness (QED) is 0.765. The minimum Gasteiger partial charge on any atom is -0.452 e. The van der Waals surface area contributed by atoms with E-state index in [1.54, 1.807) is 0 Å². The van der Waals surface area contributed by atoms with Crippen LogP contribution in [0.4, 0.5) is 14.5 Å². The largest absolute Gasteiger partial charge is 0.452 e. The molecule has 2 aromatic carbocycles. The molecule has 2 unspecified atom stereocenters. The molecular formula is C16H15F2NO5S. The first-order chi connectivity index (χ1) is 11.6. The molecule has 1 aliphatic rings. The van der Waals surface area contributed by atoms with Crippen LogP contribution in [-0.2, 0) is 16.4 Å². The number of halogens is 2. The smallest absolute Gasteiger partial charge is 0.229 e. The molecule has 25 heavy (non-hydrogen) atoms. The Kier molecular flexibility index (Phi) is 4.40. The maximum absolute atomic E-state index is 13.8. The Balaban J connectivity index is 2.07. The second-order valence-electron chi connectivity index (χ2n) is 5.81. The fourth-order valence-corrected chi connectivity index (χ4v) is 3.24. The van der Waals surface area contributed by atoms with Gasteiger partial charge in [0.2, 0.25) is 10.0 Å². The molecule has 0 bridgehead atoms. The van der Waals surface area contributed by atoms with E-state index >= 15 is 0 Å². The van der Waals surface area contributed by atoms with Crippen molar-refractivity contribution >= 4 is 15.7 Å². The van der Waals surface area contributed by atoms with Crippen molar-refractivity contribution in [2.45, 2.75) is 18.6 Å². The lowest BCUT2D eigenvalue weighted by atomic mass is 10.1. The third kappa shape index (κ3) is 3.73. The Morgan fingerprint density at radius 3 is 2.52 bits per heavy atom. The van der Waals surface area contributed by atoms with E-state index in [2.05, 4.69) is 4.72 Å². The third-order valence-corrected chi connectivity index (χ3v) is 4.35. The highest BCUT2D eigenvalue weighted by molar-refractivity contribution is 7.92. The summed E-state index contributed by atoms with van der Waals surface area (Å²) in [4.78, 5) is 0. The normalized spacial score (nSPS) is 19.6. The minimum absolute atomic E-state index is 0.0197. The van der Waals surface area contributed by atoms with Crippen LogP contribution in [0.15, 0.2) is 30.3 Å². The molecule has 0 amide bonds. The Morgan fingerprint density at radius 1 is 1.16 bits per heavy atom. The van der Waals surface area contributed by atoms with E-state index in [0.717, 1.165) is 18.4 Å². The number of aliphatic hydroxyl groups is 2. The van der Waals surface area contributed by atoms with Crippen molar-refractivity contribution in [3.63, 3.8) is 0 Å². The molecule has 0 spiro atoms. The van der Waals surface area contributed by atoms with E-state index in [1.165, 1.54) is 12.1 Å². The van der Waals surface area contributed by atoms with Gasteiger partial charge in [0, 0.05) is 12.5 Å². The lowest BCUT2D eigenvalue weighted by Crippen LogP contribution is -2.12. The number of nitrogens with one attached hydrogen (secondary N) is 1. The molecule has 1 aliphatic carbocycles. The lowest BCUT2D eigenvalue weighted by Gasteiger charge is -2.15. The average Bonchev–Trinajstić information content (AvgIpc) is 2.75.